The number of fused-ring (bicyclic) bond motifs is 1. The first-order valence-corrected chi connectivity index (χ1v) is 11.4. The molecule has 2 amide bonds. The number of nitrogens with zero attached hydrogens (tertiary/aromatic N) is 2. The van der Waals surface area contributed by atoms with Crippen LogP contribution >= 0.6 is 0 Å². The Morgan fingerprint density at radius 3 is 2.52 bits per heavy atom. The van der Waals surface area contributed by atoms with Gasteiger partial charge in [-0.2, -0.15) is 0 Å². The molecule has 0 saturated carbocycles. The summed E-state index contributed by atoms with van der Waals surface area (Å²) in [6.45, 7) is 1.88. The maximum atomic E-state index is 13.4. The van der Waals surface area contributed by atoms with Crippen LogP contribution in [0.1, 0.15) is 39.1 Å². The number of benzene rings is 2. The number of H-pyrrole nitrogens is 1. The van der Waals surface area contributed by atoms with Crippen molar-refractivity contribution in [3.05, 3.63) is 65.4 Å². The molecule has 33 heavy (non-hydrogen) atoms. The quantitative estimate of drug-likeness (QED) is 0.542. The maximum absolute atomic E-state index is 13.4. The SMILES string of the molecule is COc1cc2[nH]cc(C(=O)NCN(C)C)c2cc1C(=O)N1CCC(Cc2ccccc2)CC1. The highest BCUT2D eigenvalue weighted by Crippen LogP contribution is 2.30. The molecule has 0 bridgehead atoms. The van der Waals surface area contributed by atoms with E-state index in [2.05, 4.69) is 34.6 Å². The highest BCUT2D eigenvalue weighted by atomic mass is 16.5. The van der Waals surface area contributed by atoms with Gasteiger partial charge in [-0.25, -0.2) is 0 Å². The van der Waals surface area contributed by atoms with Gasteiger partial charge in [-0.1, -0.05) is 30.3 Å². The van der Waals surface area contributed by atoms with Crippen molar-refractivity contribution in [2.24, 2.45) is 5.92 Å². The standard InChI is InChI=1S/C26H32N4O3/c1-29(2)17-28-25(31)22-16-27-23-15-24(33-3)21(14-20(22)23)26(32)30-11-9-19(10-12-30)13-18-7-5-4-6-8-18/h4-8,14-16,19,27H,9-13,17H2,1-3H3,(H,28,31). The summed E-state index contributed by atoms with van der Waals surface area (Å²) >= 11 is 0. The van der Waals surface area contributed by atoms with Gasteiger partial charge in [-0.3, -0.25) is 14.5 Å². The molecule has 0 atom stereocenters. The van der Waals surface area contributed by atoms with Gasteiger partial charge in [-0.05, 0) is 50.9 Å². The van der Waals surface area contributed by atoms with Gasteiger partial charge in [0, 0.05) is 36.3 Å². The van der Waals surface area contributed by atoms with E-state index in [-0.39, 0.29) is 11.8 Å². The van der Waals surface area contributed by atoms with Crippen LogP contribution in [-0.2, 0) is 6.42 Å². The van der Waals surface area contributed by atoms with Crippen molar-refractivity contribution in [1.82, 2.24) is 20.1 Å². The number of carbonyl (C=O) groups is 2. The Balaban J connectivity index is 1.50. The van der Waals surface area contributed by atoms with Crippen molar-refractivity contribution >= 4 is 22.7 Å². The third-order valence-electron chi connectivity index (χ3n) is 6.30. The Hall–Kier alpha value is -3.32. The largest absolute Gasteiger partial charge is 0.496 e. The summed E-state index contributed by atoms with van der Waals surface area (Å²) < 4.78 is 5.54. The van der Waals surface area contributed by atoms with Gasteiger partial charge >= 0.3 is 0 Å². The average molecular weight is 449 g/mol. The van der Waals surface area contributed by atoms with Gasteiger partial charge in [-0.15, -0.1) is 0 Å². The van der Waals surface area contributed by atoms with Gasteiger partial charge in [0.1, 0.15) is 5.75 Å². The lowest BCUT2D eigenvalue weighted by molar-refractivity contribution is 0.0687. The Morgan fingerprint density at radius 1 is 1.12 bits per heavy atom. The summed E-state index contributed by atoms with van der Waals surface area (Å²) in [6.07, 6.45) is 4.69. The molecule has 174 valence electrons. The summed E-state index contributed by atoms with van der Waals surface area (Å²) in [6, 6.07) is 14.1. The molecular weight excluding hydrogens is 416 g/mol. The zero-order chi connectivity index (χ0) is 23.4. The third-order valence-corrected chi connectivity index (χ3v) is 6.30. The molecule has 0 radical (unpaired) electrons. The predicted octanol–water partition coefficient (Wildman–Crippen LogP) is 3.52. The van der Waals surface area contributed by atoms with Gasteiger partial charge in [0.15, 0.2) is 0 Å². The minimum Gasteiger partial charge on any atom is -0.496 e. The Bertz CT molecular complexity index is 1120. The molecule has 0 aliphatic carbocycles. The number of aromatic amines is 1. The topological polar surface area (TPSA) is 77.7 Å². The molecule has 7 nitrogen and oxygen atoms in total. The lowest BCUT2D eigenvalue weighted by Gasteiger charge is -2.32. The van der Waals surface area contributed by atoms with E-state index >= 15 is 0 Å². The van der Waals surface area contributed by atoms with Crippen LogP contribution in [0, 0.1) is 5.92 Å². The molecule has 0 unspecified atom stereocenters. The van der Waals surface area contributed by atoms with Crippen LogP contribution in [0.5, 0.6) is 5.75 Å². The van der Waals surface area contributed by atoms with E-state index < -0.39 is 0 Å². The fourth-order valence-electron chi connectivity index (χ4n) is 4.46. The van der Waals surface area contributed by atoms with Crippen molar-refractivity contribution in [2.75, 3.05) is 41.0 Å². The smallest absolute Gasteiger partial charge is 0.257 e. The lowest BCUT2D eigenvalue weighted by Crippen LogP contribution is -2.39. The number of amides is 2. The van der Waals surface area contributed by atoms with Crippen LogP contribution in [0.2, 0.25) is 0 Å². The molecular formula is C26H32N4O3. The molecule has 2 aromatic carbocycles. The lowest BCUT2D eigenvalue weighted by atomic mass is 9.90. The highest BCUT2D eigenvalue weighted by Gasteiger charge is 2.27. The minimum absolute atomic E-state index is 0.0484. The number of nitrogens with one attached hydrogen (secondary N) is 2. The summed E-state index contributed by atoms with van der Waals surface area (Å²) in [4.78, 5) is 33.0. The number of piperidine rings is 1. The predicted molar refractivity (Wildman–Crippen MR) is 130 cm³/mol. The molecule has 2 heterocycles. The molecule has 2 N–H and O–H groups in total. The number of hydrogen-bond donors (Lipinski definition) is 2. The van der Waals surface area contributed by atoms with Gasteiger partial charge < -0.3 is 19.9 Å². The van der Waals surface area contributed by atoms with Crippen molar-refractivity contribution in [1.29, 1.82) is 0 Å². The second-order valence-corrected chi connectivity index (χ2v) is 8.97. The number of likely N-dealkylation sites (tertiary alicyclic amines) is 1. The molecule has 1 aliphatic rings. The normalized spacial score (nSPS) is 14.6. The fourth-order valence-corrected chi connectivity index (χ4v) is 4.46. The van der Waals surface area contributed by atoms with Gasteiger partial charge in [0.05, 0.1) is 24.9 Å². The van der Waals surface area contributed by atoms with Gasteiger partial charge in [0.25, 0.3) is 11.8 Å². The third kappa shape index (κ3) is 5.20. The van der Waals surface area contributed by atoms with E-state index in [0.29, 0.717) is 29.5 Å². The van der Waals surface area contributed by atoms with Crippen molar-refractivity contribution in [2.45, 2.75) is 19.3 Å². The highest BCUT2D eigenvalue weighted by molar-refractivity contribution is 6.10. The molecule has 0 spiro atoms. The molecule has 1 aliphatic heterocycles. The Morgan fingerprint density at radius 2 is 1.85 bits per heavy atom. The zero-order valence-corrected chi connectivity index (χ0v) is 19.6. The summed E-state index contributed by atoms with van der Waals surface area (Å²) in [5.41, 5.74) is 3.12. The first kappa shape index (κ1) is 22.9. The summed E-state index contributed by atoms with van der Waals surface area (Å²) in [5.74, 6) is 0.867. The van der Waals surface area contributed by atoms with Crippen LogP contribution in [0.3, 0.4) is 0 Å². The van der Waals surface area contributed by atoms with E-state index in [0.717, 1.165) is 43.3 Å². The molecule has 1 fully saturated rings. The number of aromatic nitrogens is 1. The number of ether oxygens (including phenoxy) is 1. The second kappa shape index (κ2) is 10.1. The van der Waals surface area contributed by atoms with Crippen LogP contribution in [-0.4, -0.2) is 67.6 Å². The number of methoxy groups -OCH3 is 1. The van der Waals surface area contributed by atoms with E-state index in [4.69, 9.17) is 4.74 Å². The maximum Gasteiger partial charge on any atom is 0.257 e. The average Bonchev–Trinajstić information content (AvgIpc) is 3.25. The molecule has 4 rings (SSSR count). The molecule has 3 aromatic rings. The van der Waals surface area contributed by atoms with Crippen LogP contribution < -0.4 is 10.1 Å². The number of rotatable bonds is 7. The zero-order valence-electron chi connectivity index (χ0n) is 19.6. The van der Waals surface area contributed by atoms with E-state index in [1.54, 1.807) is 25.4 Å². The Labute approximate surface area is 194 Å². The summed E-state index contributed by atoms with van der Waals surface area (Å²) in [5, 5.41) is 3.60. The van der Waals surface area contributed by atoms with E-state index in [9.17, 15) is 9.59 Å². The van der Waals surface area contributed by atoms with Crippen LogP contribution in [0.15, 0.2) is 48.7 Å². The van der Waals surface area contributed by atoms with Crippen LogP contribution in [0.25, 0.3) is 10.9 Å². The Kier molecular flexibility index (Phi) is 6.99. The first-order valence-electron chi connectivity index (χ1n) is 11.4. The minimum atomic E-state index is -0.180. The summed E-state index contributed by atoms with van der Waals surface area (Å²) in [7, 11) is 5.35. The second-order valence-electron chi connectivity index (χ2n) is 8.97. The number of hydrogen-bond acceptors (Lipinski definition) is 4. The first-order chi connectivity index (χ1) is 16.0. The molecule has 7 heteroatoms. The van der Waals surface area contributed by atoms with E-state index in [1.165, 1.54) is 5.56 Å². The fraction of sp³-hybridized carbons (Fsp3) is 0.385. The number of carbonyl (C=O) groups excluding carboxylic acids is 2. The van der Waals surface area contributed by atoms with Crippen molar-refractivity contribution in [3.8, 4) is 5.75 Å². The van der Waals surface area contributed by atoms with Gasteiger partial charge in [0.2, 0.25) is 0 Å². The molecule has 1 aromatic heterocycles. The van der Waals surface area contributed by atoms with E-state index in [1.807, 2.05) is 30.0 Å². The van der Waals surface area contributed by atoms with Crippen LogP contribution in [0.4, 0.5) is 0 Å². The monoisotopic (exact) mass is 448 g/mol. The van der Waals surface area contributed by atoms with Crippen molar-refractivity contribution < 1.29 is 14.3 Å². The van der Waals surface area contributed by atoms with Crippen molar-refractivity contribution in [3.63, 3.8) is 0 Å². The molecule has 1 saturated heterocycles.